The van der Waals surface area contributed by atoms with Crippen molar-refractivity contribution in [3.05, 3.63) is 57.5 Å². The molecule has 0 aliphatic heterocycles. The fourth-order valence-electron chi connectivity index (χ4n) is 3.17. The van der Waals surface area contributed by atoms with E-state index < -0.39 is 6.10 Å². The van der Waals surface area contributed by atoms with Crippen LogP contribution in [0.3, 0.4) is 0 Å². The van der Waals surface area contributed by atoms with Gasteiger partial charge in [-0.05, 0) is 61.4 Å². The fourth-order valence-corrected chi connectivity index (χ4v) is 3.70. The molecule has 0 bridgehead atoms. The van der Waals surface area contributed by atoms with Crippen LogP contribution in [0, 0.1) is 0 Å². The van der Waals surface area contributed by atoms with E-state index in [0.717, 1.165) is 46.0 Å². The standard InChI is InChI=1S/C19H20Br2N2O2/c20-13-5-9-15(10-6-13)22-19(25)23(16-11-7-14(21)8-12-16)17-3-1-2-4-18(17)24/h5-12,17-18,24H,1-4H2,(H,22,25). The number of carbonyl (C=O) groups excluding carboxylic acids is 1. The second-order valence-corrected chi connectivity index (χ2v) is 8.03. The normalized spacial score (nSPS) is 20.1. The van der Waals surface area contributed by atoms with Crippen LogP contribution >= 0.6 is 31.9 Å². The maximum absolute atomic E-state index is 13.0. The second kappa shape index (κ2) is 8.34. The summed E-state index contributed by atoms with van der Waals surface area (Å²) in [6.45, 7) is 0. The number of amides is 2. The molecule has 25 heavy (non-hydrogen) atoms. The van der Waals surface area contributed by atoms with Crippen molar-refractivity contribution in [1.82, 2.24) is 0 Å². The molecular formula is C19H20Br2N2O2. The molecule has 2 N–H and O–H groups in total. The van der Waals surface area contributed by atoms with Gasteiger partial charge in [-0.15, -0.1) is 0 Å². The summed E-state index contributed by atoms with van der Waals surface area (Å²) in [7, 11) is 0. The lowest BCUT2D eigenvalue weighted by atomic mass is 9.91. The van der Waals surface area contributed by atoms with Crippen molar-refractivity contribution >= 4 is 49.3 Å². The summed E-state index contributed by atoms with van der Waals surface area (Å²) in [5.74, 6) is 0. The van der Waals surface area contributed by atoms with Crippen LogP contribution in [0.2, 0.25) is 0 Å². The minimum Gasteiger partial charge on any atom is -0.391 e. The van der Waals surface area contributed by atoms with E-state index in [2.05, 4.69) is 37.2 Å². The first-order valence-corrected chi connectivity index (χ1v) is 9.92. The van der Waals surface area contributed by atoms with Gasteiger partial charge in [-0.1, -0.05) is 44.7 Å². The summed E-state index contributed by atoms with van der Waals surface area (Å²) in [6.07, 6.45) is 3.03. The van der Waals surface area contributed by atoms with Gasteiger partial charge in [-0.2, -0.15) is 0 Å². The first-order valence-electron chi connectivity index (χ1n) is 8.34. The van der Waals surface area contributed by atoms with Crippen LogP contribution in [0.1, 0.15) is 25.7 Å². The van der Waals surface area contributed by atoms with Crippen LogP contribution in [-0.2, 0) is 0 Å². The molecule has 0 radical (unpaired) electrons. The van der Waals surface area contributed by atoms with Crippen LogP contribution in [0.25, 0.3) is 0 Å². The summed E-state index contributed by atoms with van der Waals surface area (Å²) in [6, 6.07) is 14.6. The van der Waals surface area contributed by atoms with Crippen molar-refractivity contribution < 1.29 is 9.90 Å². The third-order valence-corrected chi connectivity index (χ3v) is 5.50. The van der Waals surface area contributed by atoms with Crippen molar-refractivity contribution in [1.29, 1.82) is 0 Å². The summed E-state index contributed by atoms with van der Waals surface area (Å²) in [5, 5.41) is 13.4. The Morgan fingerprint density at radius 2 is 1.52 bits per heavy atom. The van der Waals surface area contributed by atoms with Crippen LogP contribution < -0.4 is 10.2 Å². The van der Waals surface area contributed by atoms with E-state index in [4.69, 9.17) is 0 Å². The minimum absolute atomic E-state index is 0.217. The van der Waals surface area contributed by atoms with E-state index in [1.165, 1.54) is 0 Å². The van der Waals surface area contributed by atoms with Crippen molar-refractivity contribution in [2.75, 3.05) is 10.2 Å². The third-order valence-electron chi connectivity index (χ3n) is 4.44. The van der Waals surface area contributed by atoms with Gasteiger partial charge in [0.1, 0.15) is 0 Å². The predicted molar refractivity (Wildman–Crippen MR) is 108 cm³/mol. The average Bonchev–Trinajstić information content (AvgIpc) is 2.60. The Bertz CT molecular complexity index is 719. The average molecular weight is 468 g/mol. The molecule has 2 amide bonds. The zero-order chi connectivity index (χ0) is 17.8. The van der Waals surface area contributed by atoms with Gasteiger partial charge in [0, 0.05) is 20.3 Å². The van der Waals surface area contributed by atoms with Crippen molar-refractivity contribution in [2.24, 2.45) is 0 Å². The SMILES string of the molecule is O=C(Nc1ccc(Br)cc1)N(c1ccc(Br)cc1)C1CCCCC1O. The monoisotopic (exact) mass is 466 g/mol. The van der Waals surface area contributed by atoms with Gasteiger partial charge in [-0.3, -0.25) is 4.90 Å². The van der Waals surface area contributed by atoms with Gasteiger partial charge in [0.05, 0.1) is 12.1 Å². The van der Waals surface area contributed by atoms with Crippen LogP contribution in [0.4, 0.5) is 16.2 Å². The number of hydrogen-bond donors (Lipinski definition) is 2. The van der Waals surface area contributed by atoms with E-state index in [-0.39, 0.29) is 12.1 Å². The lowest BCUT2D eigenvalue weighted by molar-refractivity contribution is 0.106. The quantitative estimate of drug-likeness (QED) is 0.621. The molecule has 132 valence electrons. The summed E-state index contributed by atoms with van der Waals surface area (Å²) >= 11 is 6.82. The van der Waals surface area contributed by atoms with Gasteiger partial charge in [0.15, 0.2) is 0 Å². The number of hydrogen-bond acceptors (Lipinski definition) is 2. The maximum Gasteiger partial charge on any atom is 0.326 e. The summed E-state index contributed by atoms with van der Waals surface area (Å²) in [5.41, 5.74) is 1.50. The number of carbonyl (C=O) groups is 1. The van der Waals surface area contributed by atoms with E-state index >= 15 is 0 Å². The molecule has 3 rings (SSSR count). The molecule has 1 saturated carbocycles. The maximum atomic E-state index is 13.0. The van der Waals surface area contributed by atoms with E-state index in [9.17, 15) is 9.90 Å². The Morgan fingerprint density at radius 3 is 2.12 bits per heavy atom. The highest BCUT2D eigenvalue weighted by Crippen LogP contribution is 2.29. The number of benzene rings is 2. The smallest absolute Gasteiger partial charge is 0.326 e. The zero-order valence-corrected chi connectivity index (χ0v) is 16.8. The van der Waals surface area contributed by atoms with Gasteiger partial charge in [-0.25, -0.2) is 4.79 Å². The number of aliphatic hydroxyl groups excluding tert-OH is 1. The largest absolute Gasteiger partial charge is 0.391 e. The second-order valence-electron chi connectivity index (χ2n) is 6.20. The molecule has 1 aliphatic carbocycles. The number of nitrogens with zero attached hydrogens (tertiary/aromatic N) is 1. The molecule has 2 aromatic carbocycles. The molecule has 0 spiro atoms. The number of urea groups is 1. The van der Waals surface area contributed by atoms with Crippen LogP contribution in [0.15, 0.2) is 57.5 Å². The number of rotatable bonds is 3. The highest BCUT2D eigenvalue weighted by atomic mass is 79.9. The summed E-state index contributed by atoms with van der Waals surface area (Å²) in [4.78, 5) is 14.7. The Kier molecular flexibility index (Phi) is 6.15. The molecule has 2 unspecified atom stereocenters. The minimum atomic E-state index is -0.506. The number of nitrogens with one attached hydrogen (secondary N) is 1. The molecule has 1 fully saturated rings. The van der Waals surface area contributed by atoms with Crippen molar-refractivity contribution in [3.8, 4) is 0 Å². The summed E-state index contributed by atoms with van der Waals surface area (Å²) < 4.78 is 1.91. The Hall–Kier alpha value is -1.37. The number of anilines is 2. The molecule has 2 aromatic rings. The topological polar surface area (TPSA) is 52.6 Å². The highest BCUT2D eigenvalue weighted by Gasteiger charge is 2.33. The van der Waals surface area contributed by atoms with E-state index in [1.54, 1.807) is 4.90 Å². The molecule has 4 nitrogen and oxygen atoms in total. The zero-order valence-electron chi connectivity index (χ0n) is 13.7. The first kappa shape index (κ1) is 18.4. The highest BCUT2D eigenvalue weighted by molar-refractivity contribution is 9.10. The lowest BCUT2D eigenvalue weighted by Gasteiger charge is -2.37. The van der Waals surface area contributed by atoms with Gasteiger partial charge >= 0.3 is 6.03 Å². The molecule has 0 aromatic heterocycles. The Balaban J connectivity index is 1.87. The van der Waals surface area contributed by atoms with Gasteiger partial charge in [0.2, 0.25) is 0 Å². The van der Waals surface area contributed by atoms with Gasteiger partial charge in [0.25, 0.3) is 0 Å². The molecular weight excluding hydrogens is 448 g/mol. The molecule has 2 atom stereocenters. The van der Waals surface area contributed by atoms with Crippen LogP contribution in [-0.4, -0.2) is 23.3 Å². The number of aliphatic hydroxyl groups is 1. The third kappa shape index (κ3) is 4.63. The van der Waals surface area contributed by atoms with Crippen LogP contribution in [0.5, 0.6) is 0 Å². The predicted octanol–water partition coefficient (Wildman–Crippen LogP) is 5.55. The number of halogens is 2. The molecule has 1 aliphatic rings. The Morgan fingerprint density at radius 1 is 0.960 bits per heavy atom. The molecule has 0 heterocycles. The van der Waals surface area contributed by atoms with Crippen molar-refractivity contribution in [2.45, 2.75) is 37.8 Å². The van der Waals surface area contributed by atoms with Crippen molar-refractivity contribution in [3.63, 3.8) is 0 Å². The lowest BCUT2D eigenvalue weighted by Crippen LogP contribution is -2.50. The molecule has 0 saturated heterocycles. The first-order chi connectivity index (χ1) is 12.0. The van der Waals surface area contributed by atoms with E-state index in [0.29, 0.717) is 0 Å². The van der Waals surface area contributed by atoms with E-state index in [1.807, 2.05) is 48.5 Å². The fraction of sp³-hybridized carbons (Fsp3) is 0.316. The molecule has 6 heteroatoms. The Labute approximate surface area is 164 Å². The van der Waals surface area contributed by atoms with Gasteiger partial charge < -0.3 is 10.4 Å².